The van der Waals surface area contributed by atoms with Crippen LogP contribution in [0, 0.1) is 12.8 Å². The van der Waals surface area contributed by atoms with Crippen LogP contribution in [0.5, 0.6) is 5.75 Å². The van der Waals surface area contributed by atoms with Gasteiger partial charge in [-0.05, 0) is 67.2 Å². The summed E-state index contributed by atoms with van der Waals surface area (Å²) in [5, 5.41) is 0.874. The van der Waals surface area contributed by atoms with Crippen molar-refractivity contribution in [2.24, 2.45) is 5.92 Å². The molecule has 7 heteroatoms. The Kier molecular flexibility index (Phi) is 4.50. The number of nitrogens with one attached hydrogen (secondary N) is 1. The third-order valence-corrected chi connectivity index (χ3v) is 7.42. The molecule has 0 radical (unpaired) electrons. The van der Waals surface area contributed by atoms with Gasteiger partial charge in [-0.1, -0.05) is 6.07 Å². The fraction of sp³-hybridized carbons (Fsp3) is 0.304. The Morgan fingerprint density at radius 1 is 1.13 bits per heavy atom. The lowest BCUT2D eigenvalue weighted by Gasteiger charge is -2.39. The second-order valence-electron chi connectivity index (χ2n) is 8.02. The number of rotatable bonds is 5. The van der Waals surface area contributed by atoms with E-state index in [9.17, 15) is 8.42 Å². The van der Waals surface area contributed by atoms with Gasteiger partial charge in [0, 0.05) is 30.2 Å². The third-order valence-electron chi connectivity index (χ3n) is 6.01. The molecule has 30 heavy (non-hydrogen) atoms. The molecule has 2 bridgehead atoms. The number of sulfonamides is 1. The number of allylic oxidation sites excluding steroid dienone is 1. The van der Waals surface area contributed by atoms with Crippen molar-refractivity contribution in [3.8, 4) is 5.75 Å². The SMILES string of the molecule is COc1ccc(C)cc1S(=O)(=O)Nc1cc(C2=CN3CCC2CC3)c2occc2c1. The molecule has 1 aromatic heterocycles. The van der Waals surface area contributed by atoms with Gasteiger partial charge in [0.05, 0.1) is 19.1 Å². The number of benzene rings is 2. The van der Waals surface area contributed by atoms with Crippen molar-refractivity contribution in [3.63, 3.8) is 0 Å². The van der Waals surface area contributed by atoms with Crippen LogP contribution in [0.4, 0.5) is 5.69 Å². The Morgan fingerprint density at radius 2 is 1.93 bits per heavy atom. The molecule has 0 amide bonds. The summed E-state index contributed by atoms with van der Waals surface area (Å²) in [6, 6.07) is 10.7. The number of ether oxygens (including phenoxy) is 1. The van der Waals surface area contributed by atoms with Gasteiger partial charge in [-0.3, -0.25) is 4.72 Å². The highest BCUT2D eigenvalue weighted by Crippen LogP contribution is 2.41. The number of methoxy groups -OCH3 is 1. The molecule has 3 aliphatic heterocycles. The smallest absolute Gasteiger partial charge is 0.265 e. The minimum absolute atomic E-state index is 0.126. The van der Waals surface area contributed by atoms with Crippen molar-refractivity contribution < 1.29 is 17.6 Å². The molecule has 1 N–H and O–H groups in total. The number of furan rings is 1. The molecule has 156 valence electrons. The largest absolute Gasteiger partial charge is 0.495 e. The molecule has 1 fully saturated rings. The molecule has 3 aliphatic rings. The zero-order valence-electron chi connectivity index (χ0n) is 17.0. The molecule has 6 nitrogen and oxygen atoms in total. The summed E-state index contributed by atoms with van der Waals surface area (Å²) < 4.78 is 40.2. The van der Waals surface area contributed by atoms with Crippen LogP contribution in [0.25, 0.3) is 16.5 Å². The fourth-order valence-electron chi connectivity index (χ4n) is 4.49. The Balaban J connectivity index is 1.59. The molecular weight excluding hydrogens is 400 g/mol. The van der Waals surface area contributed by atoms with E-state index in [1.807, 2.05) is 31.2 Å². The first-order valence-electron chi connectivity index (χ1n) is 10.1. The molecule has 0 atom stereocenters. The molecule has 0 unspecified atom stereocenters. The molecule has 1 saturated heterocycles. The minimum Gasteiger partial charge on any atom is -0.495 e. The Bertz CT molecular complexity index is 1250. The maximum atomic E-state index is 13.2. The summed E-state index contributed by atoms with van der Waals surface area (Å²) in [5.41, 5.74) is 4.34. The number of nitrogens with zero attached hydrogens (tertiary/aromatic N) is 1. The monoisotopic (exact) mass is 424 g/mol. The second-order valence-corrected chi connectivity index (χ2v) is 9.67. The van der Waals surface area contributed by atoms with Crippen LogP contribution >= 0.6 is 0 Å². The van der Waals surface area contributed by atoms with E-state index in [0.717, 1.165) is 48.0 Å². The summed E-state index contributed by atoms with van der Waals surface area (Å²) >= 11 is 0. The topological polar surface area (TPSA) is 71.8 Å². The molecule has 3 aromatic rings. The normalized spacial score (nSPS) is 16.7. The highest BCUT2D eigenvalue weighted by molar-refractivity contribution is 7.92. The van der Waals surface area contributed by atoms with Crippen molar-refractivity contribution in [2.45, 2.75) is 24.7 Å². The minimum atomic E-state index is -3.82. The van der Waals surface area contributed by atoms with E-state index in [4.69, 9.17) is 9.15 Å². The predicted octanol–water partition coefficient (Wildman–Crippen LogP) is 4.62. The zero-order chi connectivity index (χ0) is 20.9. The number of aryl methyl sites for hydroxylation is 1. The van der Waals surface area contributed by atoms with Crippen molar-refractivity contribution in [3.05, 3.63) is 60.0 Å². The highest BCUT2D eigenvalue weighted by Gasteiger charge is 2.30. The Hall–Kier alpha value is -2.93. The van der Waals surface area contributed by atoms with Crippen molar-refractivity contribution in [2.75, 3.05) is 24.9 Å². The number of fused-ring (bicyclic) bond motifs is 3. The first-order chi connectivity index (χ1) is 14.4. The summed E-state index contributed by atoms with van der Waals surface area (Å²) in [5.74, 6) is 0.796. The van der Waals surface area contributed by atoms with Crippen LogP contribution in [0.1, 0.15) is 24.0 Å². The molecular formula is C23H24N2O4S. The van der Waals surface area contributed by atoms with Crippen molar-refractivity contribution >= 4 is 32.3 Å². The molecule has 0 saturated carbocycles. The third kappa shape index (κ3) is 3.23. The fourth-order valence-corrected chi connectivity index (χ4v) is 5.79. The van der Waals surface area contributed by atoms with Gasteiger partial charge in [0.25, 0.3) is 10.0 Å². The Labute approximate surface area is 176 Å². The van der Waals surface area contributed by atoms with Gasteiger partial charge in [-0.2, -0.15) is 0 Å². The quantitative estimate of drug-likeness (QED) is 0.647. The maximum absolute atomic E-state index is 13.2. The Morgan fingerprint density at radius 3 is 2.63 bits per heavy atom. The van der Waals surface area contributed by atoms with Gasteiger partial charge in [0.15, 0.2) is 0 Å². The maximum Gasteiger partial charge on any atom is 0.265 e. The number of piperidine rings is 1. The van der Waals surface area contributed by atoms with Crippen LogP contribution < -0.4 is 9.46 Å². The summed E-state index contributed by atoms with van der Waals surface area (Å²) in [6.07, 6.45) is 6.09. The number of hydrogen-bond acceptors (Lipinski definition) is 5. The van der Waals surface area contributed by atoms with E-state index in [2.05, 4.69) is 15.8 Å². The predicted molar refractivity (Wildman–Crippen MR) is 117 cm³/mol. The zero-order valence-corrected chi connectivity index (χ0v) is 17.8. The van der Waals surface area contributed by atoms with Gasteiger partial charge < -0.3 is 14.1 Å². The average molecular weight is 425 g/mol. The summed E-state index contributed by atoms with van der Waals surface area (Å²) in [6.45, 7) is 4.01. The van der Waals surface area contributed by atoms with Crippen LogP contribution in [-0.4, -0.2) is 33.5 Å². The highest BCUT2D eigenvalue weighted by atomic mass is 32.2. The van der Waals surface area contributed by atoms with E-state index >= 15 is 0 Å². The lowest BCUT2D eigenvalue weighted by atomic mass is 9.82. The van der Waals surface area contributed by atoms with Crippen molar-refractivity contribution in [1.82, 2.24) is 4.90 Å². The lowest BCUT2D eigenvalue weighted by Crippen LogP contribution is -2.35. The second kappa shape index (κ2) is 7.09. The van der Waals surface area contributed by atoms with Gasteiger partial charge in [-0.25, -0.2) is 8.42 Å². The van der Waals surface area contributed by atoms with Gasteiger partial charge in [0.2, 0.25) is 0 Å². The molecule has 6 rings (SSSR count). The first-order valence-corrected chi connectivity index (χ1v) is 11.6. The van der Waals surface area contributed by atoms with Gasteiger partial charge >= 0.3 is 0 Å². The average Bonchev–Trinajstić information content (AvgIpc) is 3.22. The van der Waals surface area contributed by atoms with Crippen LogP contribution in [-0.2, 0) is 10.0 Å². The van der Waals surface area contributed by atoms with Crippen LogP contribution in [0.2, 0.25) is 0 Å². The van der Waals surface area contributed by atoms with Crippen LogP contribution in [0.3, 0.4) is 0 Å². The first kappa shape index (κ1) is 19.1. The van der Waals surface area contributed by atoms with Gasteiger partial charge in [0.1, 0.15) is 16.2 Å². The van der Waals surface area contributed by atoms with Gasteiger partial charge in [-0.15, -0.1) is 0 Å². The molecule has 0 aliphatic carbocycles. The van der Waals surface area contributed by atoms with Crippen LogP contribution in [0.15, 0.2) is 58.2 Å². The molecule has 4 heterocycles. The summed E-state index contributed by atoms with van der Waals surface area (Å²) in [7, 11) is -2.35. The van der Waals surface area contributed by atoms with E-state index < -0.39 is 10.0 Å². The standard InChI is InChI=1S/C23H24N2O4S/c1-15-3-4-21(28-2)22(11-15)30(26,27)24-18-12-17-7-10-29-23(17)19(13-18)20-14-25-8-5-16(20)6-9-25/h3-4,7,10-14,16,24H,5-6,8-9H2,1-2H3. The van der Waals surface area contributed by atoms with E-state index in [0.29, 0.717) is 17.4 Å². The number of anilines is 1. The van der Waals surface area contributed by atoms with E-state index in [1.165, 1.54) is 12.7 Å². The van der Waals surface area contributed by atoms with Crippen molar-refractivity contribution in [1.29, 1.82) is 0 Å². The number of hydrogen-bond donors (Lipinski definition) is 1. The lowest BCUT2D eigenvalue weighted by molar-refractivity contribution is 0.252. The van der Waals surface area contributed by atoms with E-state index in [1.54, 1.807) is 18.4 Å². The summed E-state index contributed by atoms with van der Waals surface area (Å²) in [4.78, 5) is 2.46. The molecule has 0 spiro atoms. The van der Waals surface area contributed by atoms with E-state index in [-0.39, 0.29) is 4.90 Å². The molecule has 2 aromatic carbocycles.